The molecule has 0 aliphatic carbocycles. The first kappa shape index (κ1) is 12.9. The third-order valence-electron chi connectivity index (χ3n) is 3.74. The van der Waals surface area contributed by atoms with E-state index >= 15 is 0 Å². The van der Waals surface area contributed by atoms with Gasteiger partial charge in [-0.15, -0.1) is 0 Å². The zero-order chi connectivity index (χ0) is 13.9. The highest BCUT2D eigenvalue weighted by molar-refractivity contribution is 5.80. The highest BCUT2D eigenvalue weighted by Crippen LogP contribution is 2.21. The average Bonchev–Trinajstić information content (AvgIpc) is 2.89. The molecule has 0 fully saturated rings. The van der Waals surface area contributed by atoms with Crippen LogP contribution in [0, 0.1) is 6.92 Å². The van der Waals surface area contributed by atoms with E-state index in [1.54, 1.807) is 0 Å². The summed E-state index contributed by atoms with van der Waals surface area (Å²) < 4.78 is 5.56. The summed E-state index contributed by atoms with van der Waals surface area (Å²) in [6.45, 7) is 5.11. The molecule has 0 saturated heterocycles. The Morgan fingerprint density at radius 3 is 2.60 bits per heavy atom. The van der Waals surface area contributed by atoms with Crippen LogP contribution in [0.3, 0.4) is 0 Å². The molecule has 0 saturated carbocycles. The van der Waals surface area contributed by atoms with Gasteiger partial charge in [0.25, 0.3) is 0 Å². The largest absolute Gasteiger partial charge is 0.464 e. The highest BCUT2D eigenvalue weighted by Gasteiger charge is 2.08. The van der Waals surface area contributed by atoms with Gasteiger partial charge in [-0.3, -0.25) is 0 Å². The molecule has 1 N–H and O–H groups in total. The van der Waals surface area contributed by atoms with E-state index < -0.39 is 0 Å². The SMILES string of the molecule is Cc1ccc(C(C)NCc2coc3ccccc23)cc1. The standard InChI is InChI=1S/C18H19NO/c1-13-7-9-15(10-8-13)14(2)19-11-16-12-20-18-6-4-3-5-17(16)18/h3-10,12,14,19H,11H2,1-2H3. The number of furan rings is 1. The number of aryl methyl sites for hydroxylation is 1. The minimum atomic E-state index is 0.323. The van der Waals surface area contributed by atoms with E-state index in [1.165, 1.54) is 22.1 Å². The van der Waals surface area contributed by atoms with Gasteiger partial charge < -0.3 is 9.73 Å². The summed E-state index contributed by atoms with van der Waals surface area (Å²) in [6, 6.07) is 17.1. The van der Waals surface area contributed by atoms with Crippen molar-refractivity contribution in [2.24, 2.45) is 0 Å². The summed E-state index contributed by atoms with van der Waals surface area (Å²) in [4.78, 5) is 0. The molecule has 0 spiro atoms. The van der Waals surface area contributed by atoms with Crippen LogP contribution in [0.4, 0.5) is 0 Å². The van der Waals surface area contributed by atoms with Gasteiger partial charge in [-0.05, 0) is 25.5 Å². The summed E-state index contributed by atoms with van der Waals surface area (Å²) in [5.74, 6) is 0. The van der Waals surface area contributed by atoms with E-state index in [0.29, 0.717) is 6.04 Å². The molecule has 2 aromatic carbocycles. The Kier molecular flexibility index (Phi) is 3.57. The molecular formula is C18H19NO. The molecule has 1 heterocycles. The van der Waals surface area contributed by atoms with Crippen molar-refractivity contribution in [2.75, 3.05) is 0 Å². The van der Waals surface area contributed by atoms with E-state index in [4.69, 9.17) is 4.42 Å². The van der Waals surface area contributed by atoms with Gasteiger partial charge in [-0.1, -0.05) is 48.0 Å². The van der Waals surface area contributed by atoms with Gasteiger partial charge in [0, 0.05) is 23.5 Å². The number of rotatable bonds is 4. The molecule has 0 aliphatic heterocycles. The van der Waals surface area contributed by atoms with Crippen LogP contribution in [0.15, 0.2) is 59.2 Å². The zero-order valence-corrected chi connectivity index (χ0v) is 11.9. The second-order valence-electron chi connectivity index (χ2n) is 5.27. The second-order valence-corrected chi connectivity index (χ2v) is 5.27. The molecule has 2 nitrogen and oxygen atoms in total. The van der Waals surface area contributed by atoms with Crippen molar-refractivity contribution in [2.45, 2.75) is 26.4 Å². The first-order valence-corrected chi connectivity index (χ1v) is 6.99. The molecule has 102 valence electrons. The van der Waals surface area contributed by atoms with Gasteiger partial charge in [0.15, 0.2) is 0 Å². The van der Waals surface area contributed by atoms with Gasteiger partial charge in [0.2, 0.25) is 0 Å². The van der Waals surface area contributed by atoms with Gasteiger partial charge in [0.05, 0.1) is 6.26 Å². The van der Waals surface area contributed by atoms with E-state index in [2.05, 4.69) is 49.5 Å². The van der Waals surface area contributed by atoms with Crippen LogP contribution in [-0.4, -0.2) is 0 Å². The fourth-order valence-corrected chi connectivity index (χ4v) is 2.41. The van der Waals surface area contributed by atoms with Crippen molar-refractivity contribution in [3.05, 3.63) is 71.5 Å². The average molecular weight is 265 g/mol. The van der Waals surface area contributed by atoms with Crippen LogP contribution in [0.25, 0.3) is 11.0 Å². The molecule has 20 heavy (non-hydrogen) atoms. The van der Waals surface area contributed by atoms with Crippen molar-refractivity contribution >= 4 is 11.0 Å². The Balaban J connectivity index is 1.71. The molecule has 0 amide bonds. The molecule has 0 aliphatic rings. The van der Waals surface area contributed by atoms with Crippen LogP contribution in [-0.2, 0) is 6.54 Å². The van der Waals surface area contributed by atoms with Crippen molar-refractivity contribution in [1.29, 1.82) is 0 Å². The fourth-order valence-electron chi connectivity index (χ4n) is 2.41. The summed E-state index contributed by atoms with van der Waals surface area (Å²) in [7, 11) is 0. The molecule has 1 atom stereocenters. The summed E-state index contributed by atoms with van der Waals surface area (Å²) >= 11 is 0. The minimum absolute atomic E-state index is 0.323. The van der Waals surface area contributed by atoms with Gasteiger partial charge in [-0.2, -0.15) is 0 Å². The molecule has 2 heteroatoms. The summed E-state index contributed by atoms with van der Waals surface area (Å²) in [5, 5.41) is 4.74. The van der Waals surface area contributed by atoms with Crippen LogP contribution in [0.2, 0.25) is 0 Å². The van der Waals surface area contributed by atoms with Gasteiger partial charge >= 0.3 is 0 Å². The highest BCUT2D eigenvalue weighted by atomic mass is 16.3. The monoisotopic (exact) mass is 265 g/mol. The maximum Gasteiger partial charge on any atom is 0.134 e. The first-order valence-electron chi connectivity index (χ1n) is 6.99. The Morgan fingerprint density at radius 1 is 1.05 bits per heavy atom. The number of hydrogen-bond acceptors (Lipinski definition) is 2. The maximum atomic E-state index is 5.56. The molecule has 3 rings (SSSR count). The van der Waals surface area contributed by atoms with Crippen molar-refractivity contribution in [3.8, 4) is 0 Å². The number of hydrogen-bond donors (Lipinski definition) is 1. The lowest BCUT2D eigenvalue weighted by Crippen LogP contribution is -2.17. The molecule has 3 aromatic rings. The second kappa shape index (κ2) is 5.51. The normalized spacial score (nSPS) is 12.7. The Morgan fingerprint density at radius 2 is 1.80 bits per heavy atom. The van der Waals surface area contributed by atoms with Crippen LogP contribution in [0.5, 0.6) is 0 Å². The van der Waals surface area contributed by atoms with Crippen LogP contribution < -0.4 is 5.32 Å². The van der Waals surface area contributed by atoms with E-state index in [1.807, 2.05) is 24.5 Å². The van der Waals surface area contributed by atoms with Crippen molar-refractivity contribution in [3.63, 3.8) is 0 Å². The zero-order valence-electron chi connectivity index (χ0n) is 11.9. The van der Waals surface area contributed by atoms with E-state index in [-0.39, 0.29) is 0 Å². The molecule has 0 radical (unpaired) electrons. The lowest BCUT2D eigenvalue weighted by molar-refractivity contribution is 0.562. The van der Waals surface area contributed by atoms with Crippen molar-refractivity contribution < 1.29 is 4.42 Å². The smallest absolute Gasteiger partial charge is 0.134 e. The van der Waals surface area contributed by atoms with Crippen LogP contribution in [0.1, 0.15) is 29.7 Å². The lowest BCUT2D eigenvalue weighted by atomic mass is 10.1. The third kappa shape index (κ3) is 2.61. The lowest BCUT2D eigenvalue weighted by Gasteiger charge is -2.14. The Bertz CT molecular complexity index is 697. The number of nitrogens with one attached hydrogen (secondary N) is 1. The predicted molar refractivity (Wildman–Crippen MR) is 82.6 cm³/mol. The van der Waals surface area contributed by atoms with Gasteiger partial charge in [-0.25, -0.2) is 0 Å². The quantitative estimate of drug-likeness (QED) is 0.746. The number of fused-ring (bicyclic) bond motifs is 1. The molecule has 1 unspecified atom stereocenters. The van der Waals surface area contributed by atoms with E-state index in [0.717, 1.165) is 12.1 Å². The van der Waals surface area contributed by atoms with Crippen molar-refractivity contribution in [1.82, 2.24) is 5.32 Å². The van der Waals surface area contributed by atoms with Crippen LogP contribution >= 0.6 is 0 Å². The summed E-state index contributed by atoms with van der Waals surface area (Å²) in [6.07, 6.45) is 1.85. The molecule has 0 bridgehead atoms. The molecule has 1 aromatic heterocycles. The van der Waals surface area contributed by atoms with E-state index in [9.17, 15) is 0 Å². The predicted octanol–water partition coefficient (Wildman–Crippen LogP) is 4.59. The summed E-state index contributed by atoms with van der Waals surface area (Å²) in [5.41, 5.74) is 4.76. The molecular weight excluding hydrogens is 246 g/mol. The van der Waals surface area contributed by atoms with Gasteiger partial charge in [0.1, 0.15) is 5.58 Å². The Hall–Kier alpha value is -2.06. The number of benzene rings is 2. The first-order chi connectivity index (χ1) is 9.74. The Labute approximate surface area is 119 Å². The minimum Gasteiger partial charge on any atom is -0.464 e. The topological polar surface area (TPSA) is 25.2 Å². The number of para-hydroxylation sites is 1. The third-order valence-corrected chi connectivity index (χ3v) is 3.74. The maximum absolute atomic E-state index is 5.56. The fraction of sp³-hybridized carbons (Fsp3) is 0.222.